The zero-order chi connectivity index (χ0) is 15.1. The maximum absolute atomic E-state index is 5.93. The molecule has 5 heteroatoms. The van der Waals surface area contributed by atoms with Crippen molar-refractivity contribution in [3.63, 3.8) is 0 Å². The number of nitrogens with two attached hydrogens (primary N) is 1. The molecule has 2 N–H and O–H groups in total. The Balaban J connectivity index is 2.25. The third-order valence-electron chi connectivity index (χ3n) is 4.40. The minimum Gasteiger partial charge on any atom is -0.389 e. The molecule has 0 unspecified atom stereocenters. The minimum absolute atomic E-state index is 0.385. The second-order valence-electron chi connectivity index (χ2n) is 5.74. The van der Waals surface area contributed by atoms with Gasteiger partial charge in [-0.3, -0.25) is 0 Å². The van der Waals surface area contributed by atoms with Crippen LogP contribution in [0, 0.1) is 20.8 Å². The van der Waals surface area contributed by atoms with Crippen LogP contribution in [-0.4, -0.2) is 19.8 Å². The summed E-state index contributed by atoms with van der Waals surface area (Å²) >= 11 is 5.23. The highest BCUT2D eigenvalue weighted by Gasteiger charge is 2.20. The van der Waals surface area contributed by atoms with E-state index >= 15 is 0 Å². The van der Waals surface area contributed by atoms with Crippen molar-refractivity contribution in [1.82, 2.24) is 14.8 Å². The molecule has 21 heavy (non-hydrogen) atoms. The van der Waals surface area contributed by atoms with E-state index < -0.39 is 0 Å². The summed E-state index contributed by atoms with van der Waals surface area (Å²) in [6.45, 7) is 6.14. The molecule has 3 rings (SSSR count). The van der Waals surface area contributed by atoms with Gasteiger partial charge in [0, 0.05) is 11.4 Å². The summed E-state index contributed by atoms with van der Waals surface area (Å²) in [5.41, 5.74) is 12.5. The zero-order valence-electron chi connectivity index (χ0n) is 12.7. The van der Waals surface area contributed by atoms with Crippen LogP contribution in [0.3, 0.4) is 0 Å². The molecule has 0 amide bonds. The van der Waals surface area contributed by atoms with E-state index in [0.29, 0.717) is 4.99 Å². The van der Waals surface area contributed by atoms with Crippen molar-refractivity contribution in [2.24, 2.45) is 5.73 Å². The van der Waals surface area contributed by atoms with Crippen LogP contribution < -0.4 is 5.73 Å². The minimum atomic E-state index is 0.385. The van der Waals surface area contributed by atoms with E-state index in [4.69, 9.17) is 22.9 Å². The Morgan fingerprint density at radius 3 is 2.57 bits per heavy atom. The van der Waals surface area contributed by atoms with Gasteiger partial charge in [0.15, 0.2) is 5.82 Å². The lowest BCUT2D eigenvalue weighted by Gasteiger charge is -2.19. The Kier molecular flexibility index (Phi) is 3.53. The summed E-state index contributed by atoms with van der Waals surface area (Å²) in [6.07, 6.45) is 4.50. The van der Waals surface area contributed by atoms with E-state index in [-0.39, 0.29) is 0 Å². The first kappa shape index (κ1) is 14.2. The number of hydrogen-bond acceptors (Lipinski definition) is 3. The van der Waals surface area contributed by atoms with E-state index in [0.717, 1.165) is 35.6 Å². The van der Waals surface area contributed by atoms with Gasteiger partial charge < -0.3 is 5.73 Å². The van der Waals surface area contributed by atoms with E-state index in [1.54, 1.807) is 0 Å². The Bertz CT molecular complexity index is 730. The number of pyridine rings is 1. The zero-order valence-corrected chi connectivity index (χ0v) is 13.5. The topological polar surface area (TPSA) is 56.7 Å². The monoisotopic (exact) mass is 300 g/mol. The van der Waals surface area contributed by atoms with E-state index in [2.05, 4.69) is 25.0 Å². The number of aromatic nitrogens is 3. The standard InChI is InChI=1S/C16H20N4S/c1-9-10(2)19-20(11(9)3)16-13(15(17)21)8-12-6-4-5-7-14(12)18-16/h8H,4-7H2,1-3H3,(H2,17,21). The molecule has 2 aromatic heterocycles. The summed E-state index contributed by atoms with van der Waals surface area (Å²) < 4.78 is 1.88. The first-order valence-corrected chi connectivity index (χ1v) is 7.75. The molecule has 0 saturated heterocycles. The highest BCUT2D eigenvalue weighted by molar-refractivity contribution is 7.80. The molecule has 0 saturated carbocycles. The fraction of sp³-hybridized carbons (Fsp3) is 0.438. The van der Waals surface area contributed by atoms with Crippen molar-refractivity contribution in [1.29, 1.82) is 0 Å². The number of fused-ring (bicyclic) bond motifs is 1. The predicted octanol–water partition coefficient (Wildman–Crippen LogP) is 2.71. The van der Waals surface area contributed by atoms with Crippen LogP contribution in [0.2, 0.25) is 0 Å². The first-order valence-electron chi connectivity index (χ1n) is 7.35. The van der Waals surface area contributed by atoms with Crippen molar-refractivity contribution < 1.29 is 0 Å². The molecule has 0 bridgehead atoms. The van der Waals surface area contributed by atoms with Crippen molar-refractivity contribution in [3.05, 3.63) is 39.8 Å². The van der Waals surface area contributed by atoms with Gasteiger partial charge in [-0.15, -0.1) is 0 Å². The smallest absolute Gasteiger partial charge is 0.164 e. The third kappa shape index (κ3) is 2.35. The summed E-state index contributed by atoms with van der Waals surface area (Å²) in [7, 11) is 0. The van der Waals surface area contributed by atoms with Crippen molar-refractivity contribution >= 4 is 17.2 Å². The second-order valence-corrected chi connectivity index (χ2v) is 6.18. The van der Waals surface area contributed by atoms with Crippen LogP contribution in [0.25, 0.3) is 5.82 Å². The maximum Gasteiger partial charge on any atom is 0.164 e. The number of hydrogen-bond donors (Lipinski definition) is 1. The van der Waals surface area contributed by atoms with E-state index in [1.807, 2.05) is 11.6 Å². The lowest BCUT2D eigenvalue weighted by Crippen LogP contribution is -2.19. The second kappa shape index (κ2) is 5.22. The SMILES string of the molecule is Cc1nn(-c2nc3c(cc2C(N)=S)CCCC3)c(C)c1C. The molecule has 0 aliphatic heterocycles. The van der Waals surface area contributed by atoms with E-state index in [1.165, 1.54) is 29.7 Å². The van der Waals surface area contributed by atoms with Crippen LogP contribution in [0.15, 0.2) is 6.07 Å². The van der Waals surface area contributed by atoms with Gasteiger partial charge in [-0.05, 0) is 63.6 Å². The van der Waals surface area contributed by atoms with Gasteiger partial charge in [0.1, 0.15) is 4.99 Å². The average Bonchev–Trinajstić information content (AvgIpc) is 2.73. The molecule has 4 nitrogen and oxygen atoms in total. The van der Waals surface area contributed by atoms with Crippen molar-refractivity contribution in [2.45, 2.75) is 46.5 Å². The fourth-order valence-corrected chi connectivity index (χ4v) is 3.04. The molecule has 110 valence electrons. The molecule has 0 fully saturated rings. The summed E-state index contributed by atoms with van der Waals surface area (Å²) in [6, 6.07) is 2.12. The van der Waals surface area contributed by atoms with Crippen LogP contribution in [-0.2, 0) is 12.8 Å². The molecule has 2 heterocycles. The number of rotatable bonds is 2. The predicted molar refractivity (Wildman–Crippen MR) is 88.1 cm³/mol. The maximum atomic E-state index is 5.93. The van der Waals surface area contributed by atoms with E-state index in [9.17, 15) is 0 Å². The number of aryl methyl sites for hydroxylation is 3. The summed E-state index contributed by atoms with van der Waals surface area (Å²) in [5, 5.41) is 4.61. The van der Waals surface area contributed by atoms with Gasteiger partial charge in [0.05, 0.1) is 11.3 Å². The van der Waals surface area contributed by atoms with Gasteiger partial charge in [-0.25, -0.2) is 9.67 Å². The molecule has 0 radical (unpaired) electrons. The van der Waals surface area contributed by atoms with Crippen molar-refractivity contribution in [2.75, 3.05) is 0 Å². The van der Waals surface area contributed by atoms with Gasteiger partial charge in [0.25, 0.3) is 0 Å². The van der Waals surface area contributed by atoms with Crippen LogP contribution >= 0.6 is 12.2 Å². The molecule has 0 atom stereocenters. The summed E-state index contributed by atoms with van der Waals surface area (Å²) in [4.78, 5) is 5.24. The molecular weight excluding hydrogens is 280 g/mol. The molecule has 1 aliphatic carbocycles. The Labute approximate surface area is 130 Å². The summed E-state index contributed by atoms with van der Waals surface area (Å²) in [5.74, 6) is 0.775. The lowest BCUT2D eigenvalue weighted by atomic mass is 9.94. The normalized spacial score (nSPS) is 14.0. The molecule has 2 aromatic rings. The van der Waals surface area contributed by atoms with Gasteiger partial charge >= 0.3 is 0 Å². The Morgan fingerprint density at radius 1 is 1.24 bits per heavy atom. The van der Waals surface area contributed by atoms with Crippen LogP contribution in [0.5, 0.6) is 0 Å². The quantitative estimate of drug-likeness (QED) is 0.866. The molecule has 1 aliphatic rings. The Hall–Kier alpha value is -1.75. The fourth-order valence-electron chi connectivity index (χ4n) is 2.89. The highest BCUT2D eigenvalue weighted by atomic mass is 32.1. The van der Waals surface area contributed by atoms with Crippen LogP contribution in [0.4, 0.5) is 0 Å². The van der Waals surface area contributed by atoms with Crippen LogP contribution in [0.1, 0.15) is 46.6 Å². The van der Waals surface area contributed by atoms with Crippen molar-refractivity contribution in [3.8, 4) is 5.82 Å². The average molecular weight is 300 g/mol. The number of thiocarbonyl (C=S) groups is 1. The molecular formula is C16H20N4S. The third-order valence-corrected chi connectivity index (χ3v) is 4.62. The van der Waals surface area contributed by atoms with Gasteiger partial charge in [0.2, 0.25) is 0 Å². The van der Waals surface area contributed by atoms with Gasteiger partial charge in [-0.1, -0.05) is 12.2 Å². The first-order chi connectivity index (χ1) is 9.99. The number of nitrogens with zero attached hydrogens (tertiary/aromatic N) is 3. The largest absolute Gasteiger partial charge is 0.389 e. The Morgan fingerprint density at radius 2 is 1.95 bits per heavy atom. The van der Waals surface area contributed by atoms with Gasteiger partial charge in [-0.2, -0.15) is 5.10 Å². The molecule has 0 aromatic carbocycles. The lowest BCUT2D eigenvalue weighted by molar-refractivity contribution is 0.660. The highest BCUT2D eigenvalue weighted by Crippen LogP contribution is 2.25. The molecule has 0 spiro atoms.